The second-order valence-electron chi connectivity index (χ2n) is 2.43. The molecular weight excluding hydrogens is 168 g/mol. The molecule has 0 atom stereocenters. The third-order valence-electron chi connectivity index (χ3n) is 1.32. The third kappa shape index (κ3) is 18.2. The van der Waals surface area contributed by atoms with Gasteiger partial charge in [-0.3, -0.25) is 0 Å². The van der Waals surface area contributed by atoms with Gasteiger partial charge in [-0.15, -0.1) is 12.4 Å². The number of hydrogen-bond donors (Lipinski definition) is 0. The van der Waals surface area contributed by atoms with Gasteiger partial charge in [-0.25, -0.2) is 0 Å². The Bertz CT molecular complexity index is 33.3. The van der Waals surface area contributed by atoms with Crippen LogP contribution < -0.4 is 0 Å². The van der Waals surface area contributed by atoms with Crippen molar-refractivity contribution < 1.29 is 0 Å². The van der Waals surface area contributed by atoms with Gasteiger partial charge in [0.25, 0.3) is 0 Å². The normalized spacial score (nSPS) is 14.7. The number of rotatable bonds is 0. The maximum atomic E-state index is 3.49. The van der Waals surface area contributed by atoms with Crippen molar-refractivity contribution in [1.29, 1.82) is 0 Å². The molecule has 1 fully saturated rings. The molecule has 1 saturated carbocycles. The molecule has 1 aliphatic carbocycles. The van der Waals surface area contributed by atoms with Crippen LogP contribution in [0.3, 0.4) is 0 Å². The average molecular weight is 187 g/mol. The number of hydrogen-bond acceptors (Lipinski definition) is 0. The zero-order valence-corrected chi connectivity index (χ0v) is 9.87. The van der Waals surface area contributed by atoms with Gasteiger partial charge in [0.15, 0.2) is 0 Å². The van der Waals surface area contributed by atoms with Gasteiger partial charge in [0.1, 0.15) is 0 Å². The Morgan fingerprint density at radius 2 is 1.55 bits per heavy atom. The van der Waals surface area contributed by atoms with Crippen LogP contribution in [0.2, 0.25) is 0 Å². The zero-order chi connectivity index (χ0) is 6.95. The SMILES string of the molecule is Cl.[CH-]1CCCCC1.[CH2-]CC.[Mg+2]. The number of halogens is 1. The van der Waals surface area contributed by atoms with Crippen molar-refractivity contribution in [3.63, 3.8) is 0 Å². The molecule has 11 heavy (non-hydrogen) atoms. The van der Waals surface area contributed by atoms with Gasteiger partial charge >= 0.3 is 23.1 Å². The van der Waals surface area contributed by atoms with E-state index in [1.54, 1.807) is 0 Å². The molecule has 0 aromatic carbocycles. The van der Waals surface area contributed by atoms with E-state index in [-0.39, 0.29) is 35.5 Å². The summed E-state index contributed by atoms with van der Waals surface area (Å²) in [6.45, 7) is 5.50. The summed E-state index contributed by atoms with van der Waals surface area (Å²) in [5.41, 5.74) is 0. The van der Waals surface area contributed by atoms with Gasteiger partial charge in [-0.05, 0) is 0 Å². The van der Waals surface area contributed by atoms with Crippen LogP contribution in [0.5, 0.6) is 0 Å². The summed E-state index contributed by atoms with van der Waals surface area (Å²) in [6, 6.07) is 0. The van der Waals surface area contributed by atoms with E-state index in [0.29, 0.717) is 0 Å². The van der Waals surface area contributed by atoms with E-state index in [9.17, 15) is 0 Å². The van der Waals surface area contributed by atoms with E-state index in [4.69, 9.17) is 0 Å². The molecule has 1 rings (SSSR count). The fourth-order valence-electron chi connectivity index (χ4n) is 0.898. The van der Waals surface area contributed by atoms with E-state index >= 15 is 0 Å². The maximum absolute atomic E-state index is 3.49. The van der Waals surface area contributed by atoms with Crippen molar-refractivity contribution >= 4 is 35.5 Å². The second kappa shape index (κ2) is 17.2. The quantitative estimate of drug-likeness (QED) is 0.402. The summed E-state index contributed by atoms with van der Waals surface area (Å²) < 4.78 is 0. The summed E-state index contributed by atoms with van der Waals surface area (Å²) in [5.74, 6) is 0. The molecule has 64 valence electrons. The summed E-state index contributed by atoms with van der Waals surface area (Å²) in [4.78, 5) is 0. The van der Waals surface area contributed by atoms with E-state index in [1.165, 1.54) is 32.1 Å². The minimum absolute atomic E-state index is 0. The summed E-state index contributed by atoms with van der Waals surface area (Å²) >= 11 is 0. The fraction of sp³-hybridized carbons (Fsp3) is 0.778. The molecule has 0 radical (unpaired) electrons. The summed E-state index contributed by atoms with van der Waals surface area (Å²) in [5, 5.41) is 0. The standard InChI is InChI=1S/C6H11.C3H7.ClH.Mg/c1-2-4-6-5-3-1;1-3-2;;/h1H,2-6H2;1,3H2,2H3;1H;/q2*-1;;+2. The molecule has 0 bridgehead atoms. The molecule has 0 heterocycles. The van der Waals surface area contributed by atoms with E-state index < -0.39 is 0 Å². The molecule has 0 aliphatic heterocycles. The monoisotopic (exact) mass is 186 g/mol. The van der Waals surface area contributed by atoms with Gasteiger partial charge in [-0.2, -0.15) is 19.3 Å². The molecule has 0 amide bonds. The van der Waals surface area contributed by atoms with Crippen LogP contribution in [0.4, 0.5) is 0 Å². The largest absolute Gasteiger partial charge is 2.00 e. The Kier molecular flexibility index (Phi) is 28.1. The second-order valence-corrected chi connectivity index (χ2v) is 2.43. The molecule has 0 spiro atoms. The van der Waals surface area contributed by atoms with Crippen LogP contribution in [-0.2, 0) is 0 Å². The molecule has 2 heteroatoms. The molecule has 0 aromatic rings. The summed E-state index contributed by atoms with van der Waals surface area (Å²) in [7, 11) is 0. The first kappa shape index (κ1) is 18.0. The van der Waals surface area contributed by atoms with Crippen molar-refractivity contribution in [2.45, 2.75) is 45.4 Å². The molecule has 1 aliphatic rings. The van der Waals surface area contributed by atoms with Crippen molar-refractivity contribution in [2.24, 2.45) is 0 Å². The van der Waals surface area contributed by atoms with Crippen LogP contribution in [0.15, 0.2) is 0 Å². The van der Waals surface area contributed by atoms with E-state index in [2.05, 4.69) is 13.3 Å². The van der Waals surface area contributed by atoms with E-state index in [0.717, 1.165) is 6.42 Å². The molecule has 0 unspecified atom stereocenters. The van der Waals surface area contributed by atoms with Crippen molar-refractivity contribution in [3.05, 3.63) is 13.3 Å². The van der Waals surface area contributed by atoms with Gasteiger partial charge < -0.3 is 13.3 Å². The Labute approximate surface area is 94.1 Å². The first-order valence-electron chi connectivity index (χ1n) is 4.02. The molecule has 0 nitrogen and oxygen atoms in total. The van der Waals surface area contributed by atoms with Crippen LogP contribution in [0, 0.1) is 13.3 Å². The Morgan fingerprint density at radius 1 is 1.18 bits per heavy atom. The van der Waals surface area contributed by atoms with Crippen LogP contribution in [0.25, 0.3) is 0 Å². The zero-order valence-electron chi connectivity index (χ0n) is 7.64. The Balaban J connectivity index is -0.000000116. The van der Waals surface area contributed by atoms with Crippen LogP contribution in [0.1, 0.15) is 45.4 Å². The van der Waals surface area contributed by atoms with Crippen LogP contribution >= 0.6 is 12.4 Å². The van der Waals surface area contributed by atoms with Crippen molar-refractivity contribution in [3.8, 4) is 0 Å². The van der Waals surface area contributed by atoms with E-state index in [1.807, 2.05) is 6.92 Å². The Hall–Kier alpha value is 1.06. The maximum Gasteiger partial charge on any atom is 2.00 e. The topological polar surface area (TPSA) is 0 Å². The molecule has 0 aromatic heterocycles. The average Bonchev–Trinajstić information content (AvgIpc) is 1.93. The molecule has 0 saturated heterocycles. The van der Waals surface area contributed by atoms with Crippen molar-refractivity contribution in [2.75, 3.05) is 0 Å². The van der Waals surface area contributed by atoms with Gasteiger partial charge in [0.2, 0.25) is 0 Å². The smallest absolute Gasteiger partial charge is 0.344 e. The van der Waals surface area contributed by atoms with Crippen LogP contribution in [-0.4, -0.2) is 23.1 Å². The minimum atomic E-state index is 0. The molecular formula is C9H19ClMg. The fourth-order valence-corrected chi connectivity index (χ4v) is 0.898. The minimum Gasteiger partial charge on any atom is -0.344 e. The first-order chi connectivity index (χ1) is 4.41. The third-order valence-corrected chi connectivity index (χ3v) is 1.32. The van der Waals surface area contributed by atoms with Crippen molar-refractivity contribution in [1.82, 2.24) is 0 Å². The summed E-state index contributed by atoms with van der Waals surface area (Å²) in [6.07, 6.45) is 10.5. The predicted octanol–water partition coefficient (Wildman–Crippen LogP) is 3.43. The first-order valence-corrected chi connectivity index (χ1v) is 4.02. The van der Waals surface area contributed by atoms with Gasteiger partial charge in [0.05, 0.1) is 0 Å². The van der Waals surface area contributed by atoms with Gasteiger partial charge in [-0.1, -0.05) is 26.2 Å². The van der Waals surface area contributed by atoms with Gasteiger partial charge in [0, 0.05) is 0 Å². The Morgan fingerprint density at radius 3 is 1.64 bits per heavy atom. The molecule has 0 N–H and O–H groups in total. The predicted molar refractivity (Wildman–Crippen MR) is 56.0 cm³/mol.